The normalized spacial score (nSPS) is 10.5. The summed E-state index contributed by atoms with van der Waals surface area (Å²) < 4.78 is 0. The first kappa shape index (κ1) is 16.6. The van der Waals surface area contributed by atoms with E-state index >= 15 is 0 Å². The predicted molar refractivity (Wildman–Crippen MR) is 89.7 cm³/mol. The molecule has 0 atom stereocenters. The number of amides is 2. The first-order chi connectivity index (χ1) is 10.3. The Bertz CT molecular complexity index is 607. The number of aryl methyl sites for hydroxylation is 4. The Kier molecular flexibility index (Phi) is 5.25. The predicted octanol–water partition coefficient (Wildman–Crippen LogP) is 3.19. The van der Waals surface area contributed by atoms with Crippen LogP contribution in [0, 0.1) is 27.7 Å². The lowest BCUT2D eigenvalue weighted by Crippen LogP contribution is -2.17. The number of thiazole rings is 2. The molecule has 2 rings (SSSR count). The molecule has 2 amide bonds. The Balaban J connectivity index is 1.79. The quantitative estimate of drug-likeness (QED) is 0.877. The minimum Gasteiger partial charge on any atom is -0.302 e. The van der Waals surface area contributed by atoms with Gasteiger partial charge in [-0.25, -0.2) is 9.97 Å². The van der Waals surface area contributed by atoms with Crippen LogP contribution in [0.4, 0.5) is 10.3 Å². The first-order valence-electron chi connectivity index (χ1n) is 6.83. The highest BCUT2D eigenvalue weighted by Gasteiger charge is 2.12. The molecule has 22 heavy (non-hydrogen) atoms. The summed E-state index contributed by atoms with van der Waals surface area (Å²) >= 11 is 2.86. The largest absolute Gasteiger partial charge is 0.302 e. The van der Waals surface area contributed by atoms with Gasteiger partial charge >= 0.3 is 0 Å². The van der Waals surface area contributed by atoms with Gasteiger partial charge in [0.25, 0.3) is 0 Å². The van der Waals surface area contributed by atoms with Crippen LogP contribution in [0.25, 0.3) is 0 Å². The maximum absolute atomic E-state index is 11.8. The average molecular weight is 338 g/mol. The number of nitrogens with one attached hydrogen (secondary N) is 2. The van der Waals surface area contributed by atoms with Gasteiger partial charge in [0.2, 0.25) is 11.8 Å². The second-order valence-corrected chi connectivity index (χ2v) is 7.32. The van der Waals surface area contributed by atoms with Gasteiger partial charge < -0.3 is 10.6 Å². The van der Waals surface area contributed by atoms with Crippen molar-refractivity contribution in [2.75, 3.05) is 10.6 Å². The minimum atomic E-state index is -0.213. The van der Waals surface area contributed by atoms with Gasteiger partial charge in [0.15, 0.2) is 10.3 Å². The second-order valence-electron chi connectivity index (χ2n) is 4.92. The third kappa shape index (κ3) is 4.35. The molecule has 0 unspecified atom stereocenters. The van der Waals surface area contributed by atoms with Crippen LogP contribution >= 0.6 is 22.7 Å². The molecule has 0 aliphatic carbocycles. The molecule has 0 radical (unpaired) electrons. The number of aromatic nitrogens is 2. The van der Waals surface area contributed by atoms with Crippen molar-refractivity contribution in [1.82, 2.24) is 9.97 Å². The van der Waals surface area contributed by atoms with Crippen LogP contribution in [0.2, 0.25) is 0 Å². The molecule has 0 fully saturated rings. The number of nitrogens with zero attached hydrogens (tertiary/aromatic N) is 2. The molecule has 0 saturated heterocycles. The van der Waals surface area contributed by atoms with Crippen LogP contribution in [0.15, 0.2) is 0 Å². The number of hydrogen-bond donors (Lipinski definition) is 2. The van der Waals surface area contributed by atoms with Gasteiger partial charge in [-0.1, -0.05) is 0 Å². The van der Waals surface area contributed by atoms with Crippen molar-refractivity contribution in [2.45, 2.75) is 40.5 Å². The molecular formula is C14H18N4O2S2. The fraction of sp³-hybridized carbons (Fsp3) is 0.429. The van der Waals surface area contributed by atoms with E-state index < -0.39 is 0 Å². The van der Waals surface area contributed by atoms with E-state index in [0.717, 1.165) is 21.1 Å². The van der Waals surface area contributed by atoms with E-state index in [1.807, 2.05) is 27.7 Å². The molecule has 0 spiro atoms. The van der Waals surface area contributed by atoms with Crippen LogP contribution in [0.1, 0.15) is 34.0 Å². The van der Waals surface area contributed by atoms with Gasteiger partial charge in [0.05, 0.1) is 11.4 Å². The summed E-state index contributed by atoms with van der Waals surface area (Å²) in [6, 6.07) is 0. The summed E-state index contributed by atoms with van der Waals surface area (Å²) in [6.45, 7) is 7.70. The fourth-order valence-electron chi connectivity index (χ4n) is 1.64. The van der Waals surface area contributed by atoms with Gasteiger partial charge in [-0.3, -0.25) is 9.59 Å². The summed E-state index contributed by atoms with van der Waals surface area (Å²) in [6.07, 6.45) is 0.236. The van der Waals surface area contributed by atoms with E-state index in [1.54, 1.807) is 0 Å². The zero-order valence-corrected chi connectivity index (χ0v) is 14.6. The zero-order valence-electron chi connectivity index (χ0n) is 12.9. The maximum atomic E-state index is 11.8. The molecule has 2 N–H and O–H groups in total. The van der Waals surface area contributed by atoms with E-state index in [0.29, 0.717) is 10.3 Å². The molecule has 0 aliphatic rings. The van der Waals surface area contributed by atoms with Crippen molar-refractivity contribution in [3.63, 3.8) is 0 Å². The van der Waals surface area contributed by atoms with Crippen molar-refractivity contribution in [3.05, 3.63) is 21.1 Å². The number of rotatable bonds is 5. The Labute approximate surface area is 137 Å². The highest BCUT2D eigenvalue weighted by atomic mass is 32.1. The van der Waals surface area contributed by atoms with Crippen LogP contribution in [-0.2, 0) is 9.59 Å². The van der Waals surface area contributed by atoms with Crippen molar-refractivity contribution in [2.24, 2.45) is 0 Å². The summed E-state index contributed by atoms with van der Waals surface area (Å²) in [5.41, 5.74) is 1.82. The molecule has 8 heteroatoms. The van der Waals surface area contributed by atoms with Gasteiger partial charge in [-0.2, -0.15) is 0 Å². The standard InChI is InChI=1S/C14H18N4O2S2/c1-7-9(3)21-13(15-7)17-11(19)5-6-12(20)18-14-16-8(2)10(4)22-14/h5-6H2,1-4H3,(H,15,17,19)(H,16,18,20). The third-order valence-electron chi connectivity index (χ3n) is 3.13. The SMILES string of the molecule is Cc1nc(NC(=O)CCC(=O)Nc2nc(C)c(C)s2)sc1C. The van der Waals surface area contributed by atoms with Crippen LogP contribution in [0.3, 0.4) is 0 Å². The van der Waals surface area contributed by atoms with E-state index in [-0.39, 0.29) is 24.7 Å². The minimum absolute atomic E-state index is 0.118. The third-order valence-corrected chi connectivity index (χ3v) is 5.11. The molecule has 0 aliphatic heterocycles. The van der Waals surface area contributed by atoms with Gasteiger partial charge in [-0.15, -0.1) is 22.7 Å². The number of carbonyl (C=O) groups is 2. The van der Waals surface area contributed by atoms with E-state index in [1.165, 1.54) is 22.7 Å². The molecule has 2 aromatic heterocycles. The van der Waals surface area contributed by atoms with E-state index in [2.05, 4.69) is 20.6 Å². The lowest BCUT2D eigenvalue weighted by atomic mass is 10.3. The number of carbonyl (C=O) groups excluding carboxylic acids is 2. The molecule has 0 aromatic carbocycles. The van der Waals surface area contributed by atoms with Crippen molar-refractivity contribution in [3.8, 4) is 0 Å². The van der Waals surface area contributed by atoms with Crippen LogP contribution in [-0.4, -0.2) is 21.8 Å². The highest BCUT2D eigenvalue weighted by Crippen LogP contribution is 2.22. The Morgan fingerprint density at radius 2 is 1.18 bits per heavy atom. The first-order valence-corrected chi connectivity index (χ1v) is 8.46. The molecule has 0 bridgehead atoms. The lowest BCUT2D eigenvalue weighted by Gasteiger charge is -2.02. The average Bonchev–Trinajstić information content (AvgIpc) is 2.90. The summed E-state index contributed by atoms with van der Waals surface area (Å²) in [5.74, 6) is -0.425. The van der Waals surface area contributed by atoms with Gasteiger partial charge in [-0.05, 0) is 27.7 Å². The van der Waals surface area contributed by atoms with Crippen molar-refractivity contribution in [1.29, 1.82) is 0 Å². The topological polar surface area (TPSA) is 84.0 Å². The highest BCUT2D eigenvalue weighted by molar-refractivity contribution is 7.16. The molecular weight excluding hydrogens is 320 g/mol. The lowest BCUT2D eigenvalue weighted by molar-refractivity contribution is -0.121. The second kappa shape index (κ2) is 6.97. The monoisotopic (exact) mass is 338 g/mol. The molecule has 2 aromatic rings. The number of anilines is 2. The molecule has 6 nitrogen and oxygen atoms in total. The van der Waals surface area contributed by atoms with E-state index in [9.17, 15) is 9.59 Å². The number of hydrogen-bond acceptors (Lipinski definition) is 6. The van der Waals surface area contributed by atoms with Gasteiger partial charge in [0.1, 0.15) is 0 Å². The van der Waals surface area contributed by atoms with Crippen molar-refractivity contribution >= 4 is 44.8 Å². The maximum Gasteiger partial charge on any atom is 0.226 e. The van der Waals surface area contributed by atoms with Gasteiger partial charge in [0, 0.05) is 22.6 Å². The summed E-state index contributed by atoms with van der Waals surface area (Å²) in [5, 5.41) is 6.57. The smallest absolute Gasteiger partial charge is 0.226 e. The van der Waals surface area contributed by atoms with E-state index in [4.69, 9.17) is 0 Å². The fourth-order valence-corrected chi connectivity index (χ4v) is 3.30. The summed E-state index contributed by atoms with van der Waals surface area (Å²) in [4.78, 5) is 34.2. The Hall–Kier alpha value is -1.80. The molecule has 2 heterocycles. The molecule has 118 valence electrons. The van der Waals surface area contributed by atoms with Crippen molar-refractivity contribution < 1.29 is 9.59 Å². The Morgan fingerprint density at radius 1 is 0.818 bits per heavy atom. The summed E-state index contributed by atoms with van der Waals surface area (Å²) in [7, 11) is 0. The van der Waals surface area contributed by atoms with Crippen LogP contribution in [0.5, 0.6) is 0 Å². The zero-order chi connectivity index (χ0) is 16.3. The molecule has 0 saturated carbocycles. The van der Waals surface area contributed by atoms with Crippen LogP contribution < -0.4 is 10.6 Å². The Morgan fingerprint density at radius 3 is 1.45 bits per heavy atom.